The molecule has 0 aliphatic carbocycles. The number of thioether (sulfide) groups is 1. The minimum atomic E-state index is -1.60. The van der Waals surface area contributed by atoms with Crippen molar-refractivity contribution in [3.63, 3.8) is 0 Å². The lowest BCUT2D eigenvalue weighted by atomic mass is 9.97. The largest absolute Gasteiger partial charge is 0.394 e. The molecule has 1 aliphatic rings. The average Bonchev–Trinajstić information content (AvgIpc) is 3.60. The predicted molar refractivity (Wildman–Crippen MR) is 133 cm³/mol. The minimum absolute atomic E-state index is 0.0335. The van der Waals surface area contributed by atoms with E-state index in [2.05, 4.69) is 20.3 Å². The van der Waals surface area contributed by atoms with Crippen molar-refractivity contribution in [3.8, 4) is 22.0 Å². The number of benzene rings is 1. The van der Waals surface area contributed by atoms with Gasteiger partial charge in [0.2, 0.25) is 0 Å². The minimum Gasteiger partial charge on any atom is -0.394 e. The van der Waals surface area contributed by atoms with E-state index in [0.29, 0.717) is 20.6 Å². The van der Waals surface area contributed by atoms with Crippen molar-refractivity contribution >= 4 is 34.7 Å². The van der Waals surface area contributed by atoms with Crippen LogP contribution < -0.4 is 0 Å². The van der Waals surface area contributed by atoms with E-state index in [0.717, 1.165) is 12.1 Å². The molecule has 2 N–H and O–H groups in total. The Bertz CT molecular complexity index is 1410. The van der Waals surface area contributed by atoms with Gasteiger partial charge in [-0.2, -0.15) is 0 Å². The number of aliphatic hydroxyl groups is 2. The van der Waals surface area contributed by atoms with E-state index in [-0.39, 0.29) is 11.3 Å². The van der Waals surface area contributed by atoms with Crippen LogP contribution in [0, 0.1) is 17.5 Å². The van der Waals surface area contributed by atoms with Crippen molar-refractivity contribution in [1.82, 2.24) is 25.0 Å². The third kappa shape index (κ3) is 5.17. The summed E-state index contributed by atoms with van der Waals surface area (Å²) in [5, 5.41) is 31.8. The Morgan fingerprint density at radius 3 is 2.63 bits per heavy atom. The van der Waals surface area contributed by atoms with E-state index in [4.69, 9.17) is 21.1 Å². The number of nitrogens with zero attached hydrogens (tertiary/aromatic N) is 5. The molecular formula is C23H19ClF3N5O4S2. The van der Waals surface area contributed by atoms with Crippen molar-refractivity contribution in [1.29, 1.82) is 0 Å². The third-order valence-corrected chi connectivity index (χ3v) is 8.05. The van der Waals surface area contributed by atoms with E-state index in [9.17, 15) is 23.4 Å². The monoisotopic (exact) mass is 585 g/mol. The van der Waals surface area contributed by atoms with Gasteiger partial charge in [-0.1, -0.05) is 28.6 Å². The molecule has 15 heteroatoms. The Kier molecular flexibility index (Phi) is 8.00. The van der Waals surface area contributed by atoms with Crippen LogP contribution in [-0.4, -0.2) is 72.6 Å². The number of aromatic nitrogens is 5. The number of rotatable bonds is 7. The molecular weight excluding hydrogens is 567 g/mol. The fraction of sp³-hybridized carbons (Fsp3) is 0.304. The lowest BCUT2D eigenvalue weighted by molar-refractivity contribution is -0.186. The maximum absolute atomic E-state index is 13.8. The van der Waals surface area contributed by atoms with Gasteiger partial charge in [0.1, 0.15) is 46.2 Å². The van der Waals surface area contributed by atoms with Crippen LogP contribution in [0.2, 0.25) is 5.02 Å². The predicted octanol–water partition coefficient (Wildman–Crippen LogP) is 3.96. The highest BCUT2D eigenvalue weighted by atomic mass is 35.5. The molecule has 0 unspecified atom stereocenters. The molecule has 1 saturated heterocycles. The Hall–Kier alpha value is -2.59. The third-order valence-electron chi connectivity index (χ3n) is 5.89. The first kappa shape index (κ1) is 27.0. The van der Waals surface area contributed by atoms with Gasteiger partial charge in [0, 0.05) is 35.3 Å². The van der Waals surface area contributed by atoms with Crippen molar-refractivity contribution < 1.29 is 32.9 Å². The summed E-state index contributed by atoms with van der Waals surface area (Å²) in [4.78, 5) is 9.35. The molecule has 5 atom stereocenters. The van der Waals surface area contributed by atoms with Crippen LogP contribution in [-0.2, 0) is 9.47 Å². The zero-order chi connectivity index (χ0) is 27.0. The number of thiazole rings is 1. The Labute approximate surface area is 227 Å². The molecule has 5 rings (SSSR count). The lowest BCUT2D eigenvalue weighted by Gasteiger charge is -2.43. The van der Waals surface area contributed by atoms with Crippen LogP contribution in [0.4, 0.5) is 13.2 Å². The van der Waals surface area contributed by atoms with Gasteiger partial charge in [0.15, 0.2) is 17.5 Å². The maximum atomic E-state index is 13.8. The van der Waals surface area contributed by atoms with E-state index in [1.165, 1.54) is 47.3 Å². The summed E-state index contributed by atoms with van der Waals surface area (Å²) in [5.74, 6) is -4.35. The first-order chi connectivity index (χ1) is 18.3. The van der Waals surface area contributed by atoms with E-state index in [1.54, 1.807) is 12.3 Å². The Morgan fingerprint density at radius 2 is 1.97 bits per heavy atom. The van der Waals surface area contributed by atoms with Crippen molar-refractivity contribution in [2.75, 3.05) is 13.7 Å². The highest BCUT2D eigenvalue weighted by Crippen LogP contribution is 2.42. The maximum Gasteiger partial charge on any atom is 0.194 e. The van der Waals surface area contributed by atoms with Gasteiger partial charge in [0.05, 0.1) is 17.8 Å². The molecule has 4 aromatic rings. The van der Waals surface area contributed by atoms with Crippen LogP contribution in [0.3, 0.4) is 0 Å². The molecule has 1 aliphatic heterocycles. The summed E-state index contributed by atoms with van der Waals surface area (Å²) in [6.45, 7) is -0.520. The fourth-order valence-electron chi connectivity index (χ4n) is 4.10. The highest BCUT2D eigenvalue weighted by Gasteiger charge is 2.47. The fourth-order valence-corrected chi connectivity index (χ4v) is 6.35. The van der Waals surface area contributed by atoms with Crippen molar-refractivity contribution in [2.45, 2.75) is 34.7 Å². The molecule has 0 bridgehead atoms. The number of ether oxygens (including phenoxy) is 2. The molecule has 0 spiro atoms. The lowest BCUT2D eigenvalue weighted by Crippen LogP contribution is -2.55. The van der Waals surface area contributed by atoms with Gasteiger partial charge in [-0.3, -0.25) is 4.98 Å². The summed E-state index contributed by atoms with van der Waals surface area (Å²) in [6.07, 6.45) is 1.31. The first-order valence-corrected chi connectivity index (χ1v) is 13.2. The van der Waals surface area contributed by atoms with Gasteiger partial charge in [-0.25, -0.2) is 22.8 Å². The molecule has 1 aromatic carbocycles. The van der Waals surface area contributed by atoms with Gasteiger partial charge in [-0.15, -0.1) is 16.4 Å². The summed E-state index contributed by atoms with van der Waals surface area (Å²) in [6, 6.07) is 2.35. The SMILES string of the molecule is CO[C@@H]1[C@@H](n2cc(-c3cc(F)c(F)c(F)c3)nn2)[C@@H](O)[C@@H](CO)O[C@@H]1Sc1cc(Cl)cnc1-c1nccs1. The van der Waals surface area contributed by atoms with Crippen LogP contribution in [0.25, 0.3) is 22.0 Å². The van der Waals surface area contributed by atoms with Crippen LogP contribution >= 0.6 is 34.7 Å². The normalized spacial score (nSPS) is 23.6. The Morgan fingerprint density at radius 1 is 1.21 bits per heavy atom. The smallest absolute Gasteiger partial charge is 0.194 e. The molecule has 9 nitrogen and oxygen atoms in total. The summed E-state index contributed by atoms with van der Waals surface area (Å²) >= 11 is 8.82. The Balaban J connectivity index is 1.50. The number of hydrogen-bond acceptors (Lipinski definition) is 10. The second-order valence-electron chi connectivity index (χ2n) is 8.20. The molecule has 1 fully saturated rings. The molecule has 3 aromatic heterocycles. The number of halogens is 4. The quantitative estimate of drug-likeness (QED) is 0.311. The van der Waals surface area contributed by atoms with E-state index in [1.807, 2.05) is 5.38 Å². The standard InChI is InChI=1S/C23H19ClF3N5O4S2/c1-35-21-19(32-8-14(30-31-32)10-4-12(25)17(27)13(26)5-10)20(34)15(9-33)36-23(21)38-16-6-11(24)7-29-18(16)22-28-2-3-37-22/h2-8,15,19-21,23,33-34H,9H2,1H3/t15-,19+,20+,21-,23-/m1/s1. The van der Waals surface area contributed by atoms with Crippen LogP contribution in [0.1, 0.15) is 6.04 Å². The number of aliphatic hydroxyl groups excluding tert-OH is 2. The number of methoxy groups -OCH3 is 1. The summed E-state index contributed by atoms with van der Waals surface area (Å²) in [7, 11) is 1.42. The van der Waals surface area contributed by atoms with Gasteiger partial charge < -0.3 is 19.7 Å². The summed E-state index contributed by atoms with van der Waals surface area (Å²) in [5.41, 5.74) is -0.241. The van der Waals surface area contributed by atoms with Gasteiger partial charge in [0.25, 0.3) is 0 Å². The van der Waals surface area contributed by atoms with Crippen molar-refractivity contribution in [3.05, 3.63) is 64.6 Å². The first-order valence-electron chi connectivity index (χ1n) is 11.1. The molecule has 0 saturated carbocycles. The zero-order valence-corrected chi connectivity index (χ0v) is 21.8. The van der Waals surface area contributed by atoms with Crippen molar-refractivity contribution in [2.24, 2.45) is 0 Å². The highest BCUT2D eigenvalue weighted by molar-refractivity contribution is 8.00. The second-order valence-corrected chi connectivity index (χ2v) is 10.7. The number of pyridine rings is 1. The molecule has 38 heavy (non-hydrogen) atoms. The summed E-state index contributed by atoms with van der Waals surface area (Å²) < 4.78 is 54.0. The second kappa shape index (κ2) is 11.3. The topological polar surface area (TPSA) is 115 Å². The van der Waals surface area contributed by atoms with E-state index < -0.39 is 53.8 Å². The average molecular weight is 586 g/mol. The number of hydrogen-bond donors (Lipinski definition) is 2. The zero-order valence-electron chi connectivity index (χ0n) is 19.4. The van der Waals surface area contributed by atoms with E-state index >= 15 is 0 Å². The molecule has 4 heterocycles. The van der Waals surface area contributed by atoms with Crippen LogP contribution in [0.5, 0.6) is 0 Å². The molecule has 0 radical (unpaired) electrons. The molecule has 0 amide bonds. The van der Waals surface area contributed by atoms with Gasteiger partial charge >= 0.3 is 0 Å². The van der Waals surface area contributed by atoms with Gasteiger partial charge in [-0.05, 0) is 18.2 Å². The van der Waals surface area contributed by atoms with Crippen LogP contribution in [0.15, 0.2) is 47.1 Å². The molecule has 200 valence electrons.